The lowest BCUT2D eigenvalue weighted by atomic mass is 9.95. The van der Waals surface area contributed by atoms with Crippen molar-refractivity contribution >= 4 is 36.3 Å². The maximum Gasteiger partial charge on any atom is 0.328 e. The van der Waals surface area contributed by atoms with E-state index in [9.17, 15) is 9.59 Å². The number of carbonyl (C=O) groups is 2. The quantitative estimate of drug-likeness (QED) is 0.197. The number of carbonyl (C=O) groups excluding carboxylic acids is 2. The van der Waals surface area contributed by atoms with Crippen LogP contribution in [0.1, 0.15) is 50.2 Å². The van der Waals surface area contributed by atoms with Crippen molar-refractivity contribution in [3.63, 3.8) is 0 Å². The van der Waals surface area contributed by atoms with E-state index in [-0.39, 0.29) is 18.0 Å². The Morgan fingerprint density at radius 2 is 2.03 bits per heavy atom. The average molecular weight is 522 g/mol. The molecule has 4 atom stereocenters. The highest BCUT2D eigenvalue weighted by Crippen LogP contribution is 2.28. The van der Waals surface area contributed by atoms with Crippen molar-refractivity contribution in [1.82, 2.24) is 10.2 Å². The zero-order valence-corrected chi connectivity index (χ0v) is 23.3. The van der Waals surface area contributed by atoms with E-state index in [2.05, 4.69) is 61.0 Å². The van der Waals surface area contributed by atoms with Crippen molar-refractivity contribution in [2.75, 3.05) is 38.0 Å². The molecule has 196 valence electrons. The number of benzene rings is 1. The molecule has 1 heterocycles. The van der Waals surface area contributed by atoms with Gasteiger partial charge in [-0.2, -0.15) is 24.4 Å². The number of esters is 1. The second-order valence-electron chi connectivity index (χ2n) is 9.65. The van der Waals surface area contributed by atoms with Crippen LogP contribution in [0.3, 0.4) is 0 Å². The second kappa shape index (κ2) is 15.6. The van der Waals surface area contributed by atoms with Gasteiger partial charge in [0.25, 0.3) is 0 Å². The smallest absolute Gasteiger partial charge is 0.328 e. The molecule has 0 unspecified atom stereocenters. The first kappa shape index (κ1) is 29.7. The van der Waals surface area contributed by atoms with E-state index in [1.807, 2.05) is 18.4 Å². The molecule has 2 rings (SSSR count). The Kier molecular flexibility index (Phi) is 13.3. The lowest BCUT2D eigenvalue weighted by molar-refractivity contribution is -0.145. The Balaban J connectivity index is 2.05. The number of nitrogens with one attached hydrogen (secondary N) is 1. The van der Waals surface area contributed by atoms with Crippen LogP contribution in [-0.2, 0) is 20.7 Å². The highest BCUT2D eigenvalue weighted by atomic mass is 32.2. The number of methoxy groups -OCH3 is 1. The molecule has 1 fully saturated rings. The number of thioether (sulfide) groups is 1. The third-order valence-electron chi connectivity index (χ3n) is 6.63. The number of nitrogens with two attached hydrogens (primary N) is 1. The zero-order chi connectivity index (χ0) is 25.8. The molecule has 1 aliphatic heterocycles. The highest BCUT2D eigenvalue weighted by molar-refractivity contribution is 7.98. The first-order valence-electron chi connectivity index (χ1n) is 12.5. The van der Waals surface area contributed by atoms with E-state index in [1.54, 1.807) is 11.8 Å². The number of ether oxygens (including phenoxy) is 1. The van der Waals surface area contributed by atoms with Crippen molar-refractivity contribution in [2.24, 2.45) is 11.7 Å². The molecule has 1 aromatic carbocycles. The molecule has 3 N–H and O–H groups in total. The van der Waals surface area contributed by atoms with E-state index in [0.29, 0.717) is 30.6 Å². The fourth-order valence-corrected chi connectivity index (χ4v) is 5.04. The van der Waals surface area contributed by atoms with Crippen molar-refractivity contribution in [1.29, 1.82) is 0 Å². The van der Waals surface area contributed by atoms with Gasteiger partial charge in [-0.05, 0) is 60.7 Å². The standard InChI is InChI=1S/C27H43N3O3S2/c1-19(2)22-11-9-20(10-12-22)7-8-21-16-25(30(17-21)14-5-6-23(28)18-34)26(31)29-24(13-15-35-4)27(32)33-3/h5-6,9-12,19,21,23-25,34H,7-8,13-18,28H2,1-4H3,(H,29,31)/b6-5+/t21-,23-,24+,25+/m1/s1. The minimum Gasteiger partial charge on any atom is -0.467 e. The summed E-state index contributed by atoms with van der Waals surface area (Å²) in [5.74, 6) is 1.80. The number of hydrogen-bond donors (Lipinski definition) is 3. The first-order chi connectivity index (χ1) is 16.8. The molecule has 1 amide bonds. The summed E-state index contributed by atoms with van der Waals surface area (Å²) in [4.78, 5) is 27.7. The summed E-state index contributed by atoms with van der Waals surface area (Å²) in [7, 11) is 1.36. The largest absolute Gasteiger partial charge is 0.467 e. The van der Waals surface area contributed by atoms with E-state index in [0.717, 1.165) is 31.6 Å². The number of thiol groups is 1. The molecule has 1 aromatic rings. The van der Waals surface area contributed by atoms with E-state index in [1.165, 1.54) is 18.2 Å². The first-order valence-corrected chi connectivity index (χ1v) is 14.5. The molecule has 0 aliphatic carbocycles. The van der Waals surface area contributed by atoms with Gasteiger partial charge in [-0.1, -0.05) is 50.3 Å². The van der Waals surface area contributed by atoms with Gasteiger partial charge in [0.2, 0.25) is 5.91 Å². The van der Waals surface area contributed by atoms with Crippen LogP contribution in [0.25, 0.3) is 0 Å². The predicted molar refractivity (Wildman–Crippen MR) is 150 cm³/mol. The van der Waals surface area contributed by atoms with Crippen LogP contribution in [0, 0.1) is 5.92 Å². The van der Waals surface area contributed by atoms with Gasteiger partial charge in [0.1, 0.15) is 6.04 Å². The minimum absolute atomic E-state index is 0.0998. The number of amides is 1. The topological polar surface area (TPSA) is 84.7 Å². The van der Waals surface area contributed by atoms with Crippen LogP contribution in [0.2, 0.25) is 0 Å². The number of hydrogen-bond acceptors (Lipinski definition) is 7. The van der Waals surface area contributed by atoms with Gasteiger partial charge in [0, 0.05) is 24.9 Å². The third-order valence-corrected chi connectivity index (χ3v) is 7.69. The summed E-state index contributed by atoms with van der Waals surface area (Å²) in [5, 5.41) is 2.97. The van der Waals surface area contributed by atoms with Gasteiger partial charge < -0.3 is 15.8 Å². The van der Waals surface area contributed by atoms with E-state index >= 15 is 0 Å². The lowest BCUT2D eigenvalue weighted by Crippen LogP contribution is -2.50. The Hall–Kier alpha value is -1.48. The molecular formula is C27H43N3O3S2. The number of aryl methyl sites for hydroxylation is 1. The molecule has 1 saturated heterocycles. The van der Waals surface area contributed by atoms with E-state index < -0.39 is 12.0 Å². The van der Waals surface area contributed by atoms with Crippen molar-refractivity contribution in [3.8, 4) is 0 Å². The van der Waals surface area contributed by atoms with E-state index in [4.69, 9.17) is 10.5 Å². The Morgan fingerprint density at radius 1 is 1.31 bits per heavy atom. The van der Waals surface area contributed by atoms with Gasteiger partial charge in [0.05, 0.1) is 13.2 Å². The highest BCUT2D eigenvalue weighted by Gasteiger charge is 2.37. The maximum atomic E-state index is 13.3. The monoisotopic (exact) mass is 521 g/mol. The predicted octanol–water partition coefficient (Wildman–Crippen LogP) is 3.66. The summed E-state index contributed by atoms with van der Waals surface area (Å²) in [6.07, 6.45) is 9.30. The SMILES string of the molecule is COC(=O)[C@H](CCSC)NC(=O)[C@@H]1C[C@@H](CCc2ccc(C(C)C)cc2)CN1C/C=C/[C@@H](N)CS. The van der Waals surface area contributed by atoms with Crippen LogP contribution < -0.4 is 11.1 Å². The molecule has 0 bridgehead atoms. The van der Waals surface area contributed by atoms with Crippen LogP contribution in [0.4, 0.5) is 0 Å². The van der Waals surface area contributed by atoms with Gasteiger partial charge in [-0.15, -0.1) is 0 Å². The molecule has 0 aromatic heterocycles. The molecule has 1 aliphatic rings. The summed E-state index contributed by atoms with van der Waals surface area (Å²) >= 11 is 5.88. The van der Waals surface area contributed by atoms with Gasteiger partial charge in [0.15, 0.2) is 0 Å². The summed E-state index contributed by atoms with van der Waals surface area (Å²) < 4.78 is 4.93. The Morgan fingerprint density at radius 3 is 2.63 bits per heavy atom. The second-order valence-corrected chi connectivity index (χ2v) is 11.0. The normalized spacial score (nSPS) is 20.3. The van der Waals surface area contributed by atoms with Gasteiger partial charge in [-0.3, -0.25) is 9.69 Å². The minimum atomic E-state index is -0.617. The Bertz CT molecular complexity index is 816. The average Bonchev–Trinajstić information content (AvgIpc) is 3.27. The van der Waals surface area contributed by atoms with Gasteiger partial charge in [-0.25, -0.2) is 4.79 Å². The van der Waals surface area contributed by atoms with Crippen LogP contribution in [0.15, 0.2) is 36.4 Å². The summed E-state index contributed by atoms with van der Waals surface area (Å²) in [6.45, 7) is 5.90. The van der Waals surface area contributed by atoms with Crippen molar-refractivity contribution in [3.05, 3.63) is 47.5 Å². The van der Waals surface area contributed by atoms with Crippen LogP contribution in [0.5, 0.6) is 0 Å². The summed E-state index contributed by atoms with van der Waals surface area (Å²) in [6, 6.07) is 7.88. The lowest BCUT2D eigenvalue weighted by Gasteiger charge is -2.24. The fourth-order valence-electron chi connectivity index (χ4n) is 4.45. The molecule has 0 saturated carbocycles. The van der Waals surface area contributed by atoms with Crippen LogP contribution >= 0.6 is 24.4 Å². The molecule has 35 heavy (non-hydrogen) atoms. The number of likely N-dealkylation sites (tertiary alicyclic amines) is 1. The third kappa shape index (κ3) is 9.83. The molecule has 6 nitrogen and oxygen atoms in total. The van der Waals surface area contributed by atoms with Crippen molar-refractivity contribution in [2.45, 2.75) is 63.6 Å². The maximum absolute atomic E-state index is 13.3. The van der Waals surface area contributed by atoms with Crippen molar-refractivity contribution < 1.29 is 14.3 Å². The molecule has 0 radical (unpaired) electrons. The Labute approximate surface area is 221 Å². The molecular weight excluding hydrogens is 478 g/mol. The van der Waals surface area contributed by atoms with Crippen LogP contribution in [-0.4, -0.2) is 72.9 Å². The summed E-state index contributed by atoms with van der Waals surface area (Å²) in [5.41, 5.74) is 8.65. The molecule has 0 spiro atoms. The zero-order valence-electron chi connectivity index (χ0n) is 21.6. The number of rotatable bonds is 14. The number of nitrogens with zero attached hydrogens (tertiary/aromatic N) is 1. The fraction of sp³-hybridized carbons (Fsp3) is 0.630. The van der Waals surface area contributed by atoms with Gasteiger partial charge >= 0.3 is 5.97 Å². The molecule has 8 heteroatoms.